The predicted octanol–water partition coefficient (Wildman–Crippen LogP) is 3.95. The lowest BCUT2D eigenvalue weighted by Crippen LogP contribution is -2.36. The Hall–Kier alpha value is -3.85. The molecule has 9 nitrogen and oxygen atoms in total. The van der Waals surface area contributed by atoms with Crippen molar-refractivity contribution in [1.82, 2.24) is 19.9 Å². The first kappa shape index (κ1) is 20.7. The molecule has 0 spiro atoms. The van der Waals surface area contributed by atoms with Gasteiger partial charge in [-0.3, -0.25) is 9.78 Å². The minimum Gasteiger partial charge on any atom is -0.422 e. The maximum Gasteiger partial charge on any atom is 0.300 e. The molecule has 0 unspecified atom stereocenters. The molecule has 0 bridgehead atoms. The van der Waals surface area contributed by atoms with E-state index in [1.165, 1.54) is 0 Å². The van der Waals surface area contributed by atoms with Gasteiger partial charge in [-0.1, -0.05) is 6.07 Å². The molecule has 172 valence electrons. The van der Waals surface area contributed by atoms with Crippen LogP contribution in [-0.2, 0) is 4.74 Å². The van der Waals surface area contributed by atoms with Crippen molar-refractivity contribution in [2.24, 2.45) is 0 Å². The number of rotatable bonds is 5. The Morgan fingerprint density at radius 1 is 1.09 bits per heavy atom. The van der Waals surface area contributed by atoms with Crippen molar-refractivity contribution in [2.75, 3.05) is 36.5 Å². The molecular weight excluding hydrogens is 432 g/mol. The molecule has 4 aromatic heterocycles. The summed E-state index contributed by atoms with van der Waals surface area (Å²) in [5.74, 6) is 0.0269. The average Bonchev–Trinajstić information content (AvgIpc) is 3.63. The number of ether oxygens (including phenoxy) is 1. The highest BCUT2D eigenvalue weighted by Gasteiger charge is 2.30. The first-order valence-electron chi connectivity index (χ1n) is 11.5. The van der Waals surface area contributed by atoms with Gasteiger partial charge in [0.25, 0.3) is 11.9 Å². The fourth-order valence-electron chi connectivity index (χ4n) is 4.05. The molecule has 1 saturated carbocycles. The van der Waals surface area contributed by atoms with Crippen LogP contribution in [0.15, 0.2) is 47.0 Å². The van der Waals surface area contributed by atoms with Gasteiger partial charge in [0.05, 0.1) is 30.3 Å². The number of morpholine rings is 1. The molecule has 9 heteroatoms. The molecular formula is C25H24N6O3. The first-order valence-corrected chi connectivity index (χ1v) is 11.5. The van der Waals surface area contributed by atoms with Gasteiger partial charge in [0.1, 0.15) is 5.69 Å². The predicted molar refractivity (Wildman–Crippen MR) is 127 cm³/mol. The van der Waals surface area contributed by atoms with Crippen molar-refractivity contribution in [3.63, 3.8) is 0 Å². The summed E-state index contributed by atoms with van der Waals surface area (Å²) >= 11 is 0. The van der Waals surface area contributed by atoms with E-state index in [9.17, 15) is 4.79 Å². The number of fused-ring (bicyclic) bond motifs is 1. The Morgan fingerprint density at radius 3 is 2.71 bits per heavy atom. The van der Waals surface area contributed by atoms with Crippen molar-refractivity contribution >= 4 is 28.8 Å². The van der Waals surface area contributed by atoms with Crippen LogP contribution in [0.3, 0.4) is 0 Å². The van der Waals surface area contributed by atoms with Gasteiger partial charge >= 0.3 is 0 Å². The van der Waals surface area contributed by atoms with Crippen LogP contribution >= 0.6 is 0 Å². The highest BCUT2D eigenvalue weighted by Crippen LogP contribution is 2.43. The summed E-state index contributed by atoms with van der Waals surface area (Å²) in [5, 5.41) is 3.02. The lowest BCUT2D eigenvalue weighted by atomic mass is 10.1. The van der Waals surface area contributed by atoms with Crippen LogP contribution in [0, 0.1) is 6.92 Å². The minimum absolute atomic E-state index is 0.294. The number of anilines is 2. The molecule has 0 atom stereocenters. The van der Waals surface area contributed by atoms with Crippen LogP contribution in [0.25, 0.3) is 22.5 Å². The second-order valence-electron chi connectivity index (χ2n) is 8.66. The number of hydrogen-bond acceptors (Lipinski definition) is 8. The van der Waals surface area contributed by atoms with E-state index >= 15 is 0 Å². The molecule has 4 aromatic rings. The van der Waals surface area contributed by atoms with Gasteiger partial charge in [0.2, 0.25) is 5.65 Å². The Labute approximate surface area is 196 Å². The maximum absolute atomic E-state index is 13.2. The van der Waals surface area contributed by atoms with Crippen LogP contribution < -0.4 is 10.2 Å². The van der Waals surface area contributed by atoms with Crippen LogP contribution in [0.1, 0.15) is 40.6 Å². The second kappa shape index (κ2) is 8.49. The molecule has 5 heterocycles. The summed E-state index contributed by atoms with van der Waals surface area (Å²) in [4.78, 5) is 33.5. The lowest BCUT2D eigenvalue weighted by Gasteiger charge is -2.24. The largest absolute Gasteiger partial charge is 0.422 e. The van der Waals surface area contributed by atoms with Crippen molar-refractivity contribution in [3.8, 4) is 11.3 Å². The maximum atomic E-state index is 13.2. The van der Waals surface area contributed by atoms with Crippen molar-refractivity contribution in [2.45, 2.75) is 25.7 Å². The quantitative estimate of drug-likeness (QED) is 0.481. The molecule has 1 amide bonds. The molecule has 1 aliphatic carbocycles. The third-order valence-corrected chi connectivity index (χ3v) is 6.08. The number of aryl methyl sites for hydroxylation is 1. The lowest BCUT2D eigenvalue weighted by molar-refractivity contribution is 0.102. The molecule has 2 fully saturated rings. The van der Waals surface area contributed by atoms with Gasteiger partial charge < -0.3 is 19.4 Å². The topological polar surface area (TPSA) is 106 Å². The van der Waals surface area contributed by atoms with E-state index in [1.807, 2.05) is 37.3 Å². The highest BCUT2D eigenvalue weighted by molar-refractivity contribution is 6.04. The molecule has 1 saturated heterocycles. The Morgan fingerprint density at radius 2 is 1.94 bits per heavy atom. The molecule has 0 aromatic carbocycles. The number of amides is 1. The normalized spacial score (nSPS) is 16.1. The third kappa shape index (κ3) is 4.10. The fourth-order valence-corrected chi connectivity index (χ4v) is 4.05. The number of nitrogens with zero attached hydrogens (tertiary/aromatic N) is 5. The van der Waals surface area contributed by atoms with Gasteiger partial charge in [-0.05, 0) is 44.0 Å². The van der Waals surface area contributed by atoms with E-state index < -0.39 is 0 Å². The Bertz CT molecular complexity index is 1360. The Balaban J connectivity index is 1.29. The smallest absolute Gasteiger partial charge is 0.300 e. The van der Waals surface area contributed by atoms with E-state index in [1.54, 1.807) is 12.3 Å². The van der Waals surface area contributed by atoms with E-state index in [-0.39, 0.29) is 5.91 Å². The molecule has 0 radical (unpaired) electrons. The SMILES string of the molecule is Cc1ccc(-c2cccc(C(=O)Nc3cc4oc(N5CCOCC5)nc4nc3C3CC3)n2)cn1. The van der Waals surface area contributed by atoms with Crippen LogP contribution in [0.4, 0.5) is 11.7 Å². The number of aromatic nitrogens is 4. The summed E-state index contributed by atoms with van der Waals surface area (Å²) in [6.07, 6.45) is 3.85. The summed E-state index contributed by atoms with van der Waals surface area (Å²) < 4.78 is 11.4. The number of carbonyl (C=O) groups excluding carboxylic acids is 1. The number of hydrogen-bond donors (Lipinski definition) is 1. The average molecular weight is 457 g/mol. The van der Waals surface area contributed by atoms with Gasteiger partial charge in [0.15, 0.2) is 5.58 Å². The zero-order valence-electron chi connectivity index (χ0n) is 18.8. The summed E-state index contributed by atoms with van der Waals surface area (Å²) in [6, 6.07) is 11.6. The van der Waals surface area contributed by atoms with E-state index in [2.05, 4.69) is 25.2 Å². The fraction of sp³-hybridized carbons (Fsp3) is 0.320. The molecule has 34 heavy (non-hydrogen) atoms. The molecule has 1 N–H and O–H groups in total. The Kier molecular flexibility index (Phi) is 5.18. The van der Waals surface area contributed by atoms with Crippen LogP contribution in [0.5, 0.6) is 0 Å². The van der Waals surface area contributed by atoms with E-state index in [0.717, 1.165) is 42.9 Å². The zero-order valence-corrected chi connectivity index (χ0v) is 18.8. The summed E-state index contributed by atoms with van der Waals surface area (Å²) in [6.45, 7) is 4.67. The molecule has 6 rings (SSSR count). The molecule has 1 aliphatic heterocycles. The molecule has 2 aliphatic rings. The summed E-state index contributed by atoms with van der Waals surface area (Å²) in [5.41, 5.74) is 5.42. The standard InChI is InChI=1S/C25H24N6O3/c1-15-5-6-17(14-26-15)18-3-2-4-19(27-18)24(32)28-20-13-21-23(29-22(20)16-7-8-16)30-25(34-21)31-9-11-33-12-10-31/h2-6,13-14,16H,7-12H2,1H3,(H,28,32). The van der Waals surface area contributed by atoms with Gasteiger partial charge in [-0.25, -0.2) is 9.97 Å². The first-order chi connectivity index (χ1) is 16.6. The number of oxazole rings is 1. The zero-order chi connectivity index (χ0) is 23.1. The van der Waals surface area contributed by atoms with Crippen molar-refractivity contribution < 1.29 is 13.9 Å². The van der Waals surface area contributed by atoms with Gasteiger partial charge in [-0.15, -0.1) is 0 Å². The highest BCUT2D eigenvalue weighted by atomic mass is 16.5. The third-order valence-electron chi connectivity index (χ3n) is 6.08. The van der Waals surface area contributed by atoms with E-state index in [4.69, 9.17) is 14.1 Å². The summed E-state index contributed by atoms with van der Waals surface area (Å²) in [7, 11) is 0. The monoisotopic (exact) mass is 456 g/mol. The van der Waals surface area contributed by atoms with Gasteiger partial charge in [-0.2, -0.15) is 4.98 Å². The van der Waals surface area contributed by atoms with Crippen molar-refractivity contribution in [3.05, 3.63) is 59.7 Å². The number of nitrogens with one attached hydrogen (secondary N) is 1. The minimum atomic E-state index is -0.294. The second-order valence-corrected chi connectivity index (χ2v) is 8.66. The van der Waals surface area contributed by atoms with Crippen LogP contribution in [-0.4, -0.2) is 52.1 Å². The number of pyridine rings is 3. The van der Waals surface area contributed by atoms with Crippen molar-refractivity contribution in [1.29, 1.82) is 0 Å². The number of carbonyl (C=O) groups is 1. The van der Waals surface area contributed by atoms with Crippen LogP contribution in [0.2, 0.25) is 0 Å². The van der Waals surface area contributed by atoms with E-state index in [0.29, 0.717) is 53.5 Å². The van der Waals surface area contributed by atoms with Gasteiger partial charge in [0, 0.05) is 42.5 Å².